The number of aromatic nitrogens is 1. The third-order valence-corrected chi connectivity index (χ3v) is 7.55. The lowest BCUT2D eigenvalue weighted by Gasteiger charge is -2.48. The lowest BCUT2D eigenvalue weighted by atomic mass is 9.73. The van der Waals surface area contributed by atoms with Crippen molar-refractivity contribution >= 4 is 5.91 Å². The zero-order valence-electron chi connectivity index (χ0n) is 18.0. The summed E-state index contributed by atoms with van der Waals surface area (Å²) in [5, 5.41) is 13.9. The first kappa shape index (κ1) is 21.7. The molecule has 1 saturated heterocycles. The van der Waals surface area contributed by atoms with Gasteiger partial charge in [0.05, 0.1) is 18.9 Å². The molecule has 0 unspecified atom stereocenters. The van der Waals surface area contributed by atoms with Crippen LogP contribution in [0.25, 0.3) is 0 Å². The molecule has 2 atom stereocenters. The summed E-state index contributed by atoms with van der Waals surface area (Å²) < 4.78 is 21.7. The van der Waals surface area contributed by atoms with Crippen LogP contribution >= 0.6 is 0 Å². The number of ether oxygens (including phenoxy) is 1. The van der Waals surface area contributed by atoms with Crippen molar-refractivity contribution in [3.8, 4) is 0 Å². The first-order valence-electron chi connectivity index (χ1n) is 11.4. The number of nitrogens with one attached hydrogen (secondary N) is 1. The van der Waals surface area contributed by atoms with Gasteiger partial charge in [-0.15, -0.1) is 0 Å². The highest BCUT2D eigenvalue weighted by molar-refractivity contribution is 5.87. The predicted molar refractivity (Wildman–Crippen MR) is 112 cm³/mol. The maximum Gasteiger partial charge on any atom is 0.262 e. The van der Waals surface area contributed by atoms with Crippen LogP contribution in [-0.4, -0.2) is 59.3 Å². The summed E-state index contributed by atoms with van der Waals surface area (Å²) in [5.41, 5.74) is -2.94. The van der Waals surface area contributed by atoms with E-state index in [2.05, 4.69) is 15.2 Å². The Hall–Kier alpha value is -1.57. The number of nitrogens with zero attached hydrogens (tertiary/aromatic N) is 2. The third-order valence-electron chi connectivity index (χ3n) is 7.55. The maximum atomic E-state index is 16.2. The summed E-state index contributed by atoms with van der Waals surface area (Å²) in [5.74, 6) is -0.604. The SMILES string of the molecule is CC[C@@]1(O)CC[C@@](F)(C(=O)NCC2(N3CCOCC3)CCCCC2)c2cccnc21. The lowest BCUT2D eigenvalue weighted by Crippen LogP contribution is -2.61. The number of carbonyl (C=O) groups is 1. The minimum absolute atomic E-state index is 0.0353. The van der Waals surface area contributed by atoms with E-state index in [1.165, 1.54) is 6.42 Å². The fourth-order valence-corrected chi connectivity index (χ4v) is 5.55. The van der Waals surface area contributed by atoms with Gasteiger partial charge in [-0.3, -0.25) is 14.7 Å². The summed E-state index contributed by atoms with van der Waals surface area (Å²) >= 11 is 0. The van der Waals surface area contributed by atoms with Crippen LogP contribution in [-0.2, 0) is 20.8 Å². The topological polar surface area (TPSA) is 74.7 Å². The Morgan fingerprint density at radius 1 is 1.23 bits per heavy atom. The van der Waals surface area contributed by atoms with E-state index >= 15 is 4.39 Å². The molecule has 1 aromatic rings. The van der Waals surface area contributed by atoms with Gasteiger partial charge < -0.3 is 15.2 Å². The number of amides is 1. The molecule has 1 saturated carbocycles. The van der Waals surface area contributed by atoms with Crippen molar-refractivity contribution in [2.75, 3.05) is 32.8 Å². The van der Waals surface area contributed by atoms with Crippen molar-refractivity contribution in [2.24, 2.45) is 0 Å². The second-order valence-corrected chi connectivity index (χ2v) is 9.15. The zero-order valence-corrected chi connectivity index (χ0v) is 18.0. The standard InChI is InChI=1S/C23H34FN3O3/c1-2-22(29)10-11-23(24,18-7-6-12-25-19(18)22)20(28)26-17-21(8-4-3-5-9-21)27-13-15-30-16-14-27/h6-7,12,29H,2-5,8-11,13-17H2,1H3,(H,26,28)/t22-,23+/m1/s1. The van der Waals surface area contributed by atoms with Crippen LogP contribution in [0.15, 0.2) is 18.3 Å². The molecule has 2 heterocycles. The summed E-state index contributed by atoms with van der Waals surface area (Å²) in [6.07, 6.45) is 7.64. The van der Waals surface area contributed by atoms with Crippen molar-refractivity contribution in [3.63, 3.8) is 0 Å². The Kier molecular flexibility index (Phi) is 6.15. The van der Waals surface area contributed by atoms with Gasteiger partial charge in [-0.2, -0.15) is 0 Å². The summed E-state index contributed by atoms with van der Waals surface area (Å²) in [7, 11) is 0. The highest BCUT2D eigenvalue weighted by Gasteiger charge is 2.52. The number of rotatable bonds is 5. The average Bonchev–Trinajstić information content (AvgIpc) is 2.81. The fraction of sp³-hybridized carbons (Fsp3) is 0.739. The second kappa shape index (κ2) is 8.52. The van der Waals surface area contributed by atoms with Crippen LogP contribution in [0, 0.1) is 0 Å². The van der Waals surface area contributed by atoms with Crippen molar-refractivity contribution in [1.82, 2.24) is 15.2 Å². The van der Waals surface area contributed by atoms with E-state index in [0.29, 0.717) is 31.9 Å². The Bertz CT molecular complexity index is 764. The lowest BCUT2D eigenvalue weighted by molar-refractivity contribution is -0.138. The van der Waals surface area contributed by atoms with E-state index in [1.807, 2.05) is 6.92 Å². The van der Waals surface area contributed by atoms with Crippen LogP contribution in [0.1, 0.15) is 69.5 Å². The largest absolute Gasteiger partial charge is 0.384 e. The van der Waals surface area contributed by atoms with Crippen molar-refractivity contribution < 1.29 is 19.0 Å². The van der Waals surface area contributed by atoms with Gasteiger partial charge in [0.25, 0.3) is 5.91 Å². The van der Waals surface area contributed by atoms with E-state index in [-0.39, 0.29) is 23.9 Å². The normalized spacial score (nSPS) is 31.7. The number of aliphatic hydroxyl groups is 1. The highest BCUT2D eigenvalue weighted by atomic mass is 19.1. The summed E-state index contributed by atoms with van der Waals surface area (Å²) in [6, 6.07) is 3.23. The third kappa shape index (κ3) is 3.76. The molecule has 1 aliphatic heterocycles. The molecule has 2 N–H and O–H groups in total. The van der Waals surface area contributed by atoms with Gasteiger partial charge >= 0.3 is 0 Å². The van der Waals surface area contributed by atoms with Gasteiger partial charge in [0.15, 0.2) is 0 Å². The van der Waals surface area contributed by atoms with Crippen molar-refractivity contribution in [3.05, 3.63) is 29.6 Å². The minimum atomic E-state index is -2.16. The van der Waals surface area contributed by atoms with Gasteiger partial charge in [-0.05, 0) is 38.2 Å². The number of hydrogen-bond acceptors (Lipinski definition) is 5. The molecule has 1 aromatic heterocycles. The summed E-state index contributed by atoms with van der Waals surface area (Å²) in [6.45, 7) is 5.43. The molecule has 30 heavy (non-hydrogen) atoms. The molecule has 166 valence electrons. The highest BCUT2D eigenvalue weighted by Crippen LogP contribution is 2.46. The van der Waals surface area contributed by atoms with E-state index < -0.39 is 17.2 Å². The van der Waals surface area contributed by atoms with Crippen molar-refractivity contribution in [2.45, 2.75) is 75.1 Å². The zero-order chi connectivity index (χ0) is 21.2. The van der Waals surface area contributed by atoms with E-state index in [1.54, 1.807) is 18.3 Å². The molecule has 0 radical (unpaired) electrons. The maximum absolute atomic E-state index is 16.2. The van der Waals surface area contributed by atoms with Crippen LogP contribution in [0.4, 0.5) is 4.39 Å². The molecule has 3 aliphatic rings. The number of alkyl halides is 1. The summed E-state index contributed by atoms with van der Waals surface area (Å²) in [4.78, 5) is 19.9. The number of pyridine rings is 1. The minimum Gasteiger partial charge on any atom is -0.384 e. The van der Waals surface area contributed by atoms with Crippen LogP contribution in [0.3, 0.4) is 0 Å². The molecule has 6 nitrogen and oxygen atoms in total. The quantitative estimate of drug-likeness (QED) is 0.768. The number of carbonyl (C=O) groups excluding carboxylic acids is 1. The average molecular weight is 420 g/mol. The number of morpholine rings is 1. The molecule has 2 aliphatic carbocycles. The number of fused-ring (bicyclic) bond motifs is 1. The Labute approximate surface area is 178 Å². The molecular formula is C23H34FN3O3. The second-order valence-electron chi connectivity index (χ2n) is 9.15. The van der Waals surface area contributed by atoms with E-state index in [9.17, 15) is 9.90 Å². The van der Waals surface area contributed by atoms with Gasteiger partial charge in [-0.25, -0.2) is 4.39 Å². The van der Waals surface area contributed by atoms with Crippen LogP contribution in [0.2, 0.25) is 0 Å². The smallest absolute Gasteiger partial charge is 0.262 e. The van der Waals surface area contributed by atoms with Gasteiger partial charge in [0.1, 0.15) is 5.60 Å². The van der Waals surface area contributed by atoms with Crippen LogP contribution < -0.4 is 5.32 Å². The molecule has 0 bridgehead atoms. The van der Waals surface area contributed by atoms with Crippen molar-refractivity contribution in [1.29, 1.82) is 0 Å². The molecule has 1 amide bonds. The molecule has 4 rings (SSSR count). The predicted octanol–water partition coefficient (Wildman–Crippen LogP) is 2.79. The molecular weight excluding hydrogens is 385 g/mol. The molecule has 2 fully saturated rings. The number of halogens is 1. The fourth-order valence-electron chi connectivity index (χ4n) is 5.55. The Balaban J connectivity index is 1.54. The van der Waals surface area contributed by atoms with Crippen LogP contribution in [0.5, 0.6) is 0 Å². The van der Waals surface area contributed by atoms with Gasteiger partial charge in [-0.1, -0.05) is 32.3 Å². The van der Waals surface area contributed by atoms with E-state index in [0.717, 1.165) is 38.8 Å². The number of hydrogen-bond donors (Lipinski definition) is 2. The first-order valence-corrected chi connectivity index (χ1v) is 11.4. The Morgan fingerprint density at radius 3 is 2.67 bits per heavy atom. The van der Waals surface area contributed by atoms with E-state index in [4.69, 9.17) is 4.74 Å². The molecule has 0 aromatic carbocycles. The van der Waals surface area contributed by atoms with Gasteiger partial charge in [0.2, 0.25) is 5.67 Å². The molecule has 7 heteroatoms. The first-order chi connectivity index (χ1) is 14.4. The Morgan fingerprint density at radius 2 is 1.97 bits per heavy atom. The monoisotopic (exact) mass is 419 g/mol. The van der Waals surface area contributed by atoms with Gasteiger partial charge in [0, 0.05) is 36.9 Å². The molecule has 0 spiro atoms.